The number of ether oxygens (including phenoxy) is 1. The van der Waals surface area contributed by atoms with Gasteiger partial charge in [-0.1, -0.05) is 13.8 Å². The maximum atomic E-state index is 13.8. The molecule has 0 aliphatic heterocycles. The molecular formula is C17H15F13O2. The van der Waals surface area contributed by atoms with E-state index in [1.54, 1.807) is 13.8 Å². The van der Waals surface area contributed by atoms with E-state index in [1.807, 2.05) is 0 Å². The summed E-state index contributed by atoms with van der Waals surface area (Å²) in [5, 5.41) is 0. The van der Waals surface area contributed by atoms with E-state index in [0.717, 1.165) is 0 Å². The average molecular weight is 498 g/mol. The molecule has 6 atom stereocenters. The summed E-state index contributed by atoms with van der Waals surface area (Å²) in [6.07, 6.45) is -6.96. The van der Waals surface area contributed by atoms with Gasteiger partial charge in [-0.2, -0.15) is 57.1 Å². The highest BCUT2D eigenvalue weighted by Crippen LogP contribution is 2.83. The third-order valence-electron chi connectivity index (χ3n) is 7.39. The Labute approximate surface area is 171 Å². The number of hydrogen-bond acceptors (Lipinski definition) is 2. The Bertz CT molecular complexity index is 801. The van der Waals surface area contributed by atoms with Crippen molar-refractivity contribution in [2.75, 3.05) is 6.61 Å². The van der Waals surface area contributed by atoms with E-state index < -0.39 is 59.7 Å². The van der Waals surface area contributed by atoms with Gasteiger partial charge < -0.3 is 4.74 Å². The molecular weight excluding hydrogens is 483 g/mol. The highest BCUT2D eigenvalue weighted by molar-refractivity contribution is 5.84. The van der Waals surface area contributed by atoms with Crippen LogP contribution in [-0.2, 0) is 9.53 Å². The van der Waals surface area contributed by atoms with Crippen LogP contribution in [0.5, 0.6) is 0 Å². The van der Waals surface area contributed by atoms with Gasteiger partial charge in [0.25, 0.3) is 0 Å². The van der Waals surface area contributed by atoms with Crippen molar-refractivity contribution in [2.45, 2.75) is 56.1 Å². The molecule has 4 saturated carbocycles. The lowest BCUT2D eigenvalue weighted by atomic mass is 9.90. The second-order valence-electron chi connectivity index (χ2n) is 8.69. The number of hydrogen-bond donors (Lipinski definition) is 0. The van der Waals surface area contributed by atoms with Gasteiger partial charge in [0.15, 0.2) is 6.61 Å². The van der Waals surface area contributed by atoms with Crippen molar-refractivity contribution in [3.8, 4) is 0 Å². The van der Waals surface area contributed by atoms with Crippen molar-refractivity contribution < 1.29 is 66.6 Å². The first-order valence-electron chi connectivity index (χ1n) is 9.18. The van der Waals surface area contributed by atoms with E-state index in [4.69, 9.17) is 0 Å². The van der Waals surface area contributed by atoms with Crippen LogP contribution in [-0.4, -0.2) is 48.4 Å². The summed E-state index contributed by atoms with van der Waals surface area (Å²) >= 11 is 0. The van der Waals surface area contributed by atoms with E-state index in [2.05, 4.69) is 4.74 Å². The summed E-state index contributed by atoms with van der Waals surface area (Å²) < 4.78 is 174. The molecule has 32 heavy (non-hydrogen) atoms. The Morgan fingerprint density at radius 3 is 1.62 bits per heavy atom. The highest BCUT2D eigenvalue weighted by atomic mass is 19.4. The Balaban J connectivity index is 1.80. The van der Waals surface area contributed by atoms with Crippen molar-refractivity contribution in [1.82, 2.24) is 0 Å². The topological polar surface area (TPSA) is 26.3 Å². The fourth-order valence-corrected chi connectivity index (χ4v) is 5.73. The van der Waals surface area contributed by atoms with E-state index in [-0.39, 0.29) is 23.7 Å². The second kappa shape index (κ2) is 6.36. The van der Waals surface area contributed by atoms with Crippen LogP contribution in [0.4, 0.5) is 57.1 Å². The van der Waals surface area contributed by atoms with E-state index in [9.17, 15) is 61.9 Å². The first kappa shape index (κ1) is 25.2. The third kappa shape index (κ3) is 2.59. The molecule has 2 nitrogen and oxygen atoms in total. The van der Waals surface area contributed by atoms with E-state index in [0.29, 0.717) is 6.42 Å². The zero-order valence-electron chi connectivity index (χ0n) is 16.0. The fraction of sp³-hybridized carbons (Fsp3) is 0.941. The van der Waals surface area contributed by atoms with E-state index in [1.165, 1.54) is 0 Å². The molecule has 15 heteroatoms. The minimum Gasteiger partial charge on any atom is -0.459 e. The van der Waals surface area contributed by atoms with Gasteiger partial charge in [-0.05, 0) is 36.0 Å². The number of carbonyl (C=O) groups excluding carboxylic acids is 1. The number of halogens is 13. The summed E-state index contributed by atoms with van der Waals surface area (Å²) in [5.74, 6) is -40.1. The lowest BCUT2D eigenvalue weighted by molar-refractivity contribution is -0.441. The lowest BCUT2D eigenvalue weighted by Crippen LogP contribution is -2.70. The van der Waals surface area contributed by atoms with Crippen LogP contribution >= 0.6 is 0 Å². The zero-order chi connectivity index (χ0) is 25.1. The summed E-state index contributed by atoms with van der Waals surface area (Å²) in [6, 6.07) is 0. The zero-order valence-corrected chi connectivity index (χ0v) is 16.0. The number of esters is 1. The quantitative estimate of drug-likeness (QED) is 0.328. The van der Waals surface area contributed by atoms with Crippen molar-refractivity contribution in [1.29, 1.82) is 0 Å². The molecule has 0 N–H and O–H groups in total. The maximum absolute atomic E-state index is 13.8. The van der Waals surface area contributed by atoms with E-state index >= 15 is 0 Å². The molecule has 0 amide bonds. The highest BCUT2D eigenvalue weighted by Gasteiger charge is 2.91. The molecule has 0 aromatic carbocycles. The largest absolute Gasteiger partial charge is 0.460 e. The molecule has 0 spiro atoms. The Morgan fingerprint density at radius 2 is 1.28 bits per heavy atom. The Kier molecular flexibility index (Phi) is 5.01. The molecule has 0 saturated heterocycles. The second-order valence-corrected chi connectivity index (χ2v) is 8.69. The molecule has 4 aliphatic carbocycles. The predicted molar refractivity (Wildman–Crippen MR) is 77.6 cm³/mol. The monoisotopic (exact) mass is 498 g/mol. The van der Waals surface area contributed by atoms with Crippen LogP contribution in [0.1, 0.15) is 20.3 Å². The van der Waals surface area contributed by atoms with Gasteiger partial charge in [-0.25, -0.2) is 0 Å². The lowest BCUT2D eigenvalue weighted by Gasteiger charge is -2.39. The summed E-state index contributed by atoms with van der Waals surface area (Å²) in [4.78, 5) is 12.3. The van der Waals surface area contributed by atoms with Gasteiger partial charge in [0.05, 0.1) is 5.41 Å². The molecule has 0 aromatic heterocycles. The fourth-order valence-electron chi connectivity index (χ4n) is 5.73. The molecule has 4 aliphatic rings. The number of rotatable bonds is 7. The minimum atomic E-state index is -7.97. The van der Waals surface area contributed by atoms with Gasteiger partial charge in [-0.3, -0.25) is 4.79 Å². The Morgan fingerprint density at radius 1 is 0.812 bits per heavy atom. The van der Waals surface area contributed by atoms with Crippen LogP contribution in [0.25, 0.3) is 0 Å². The average Bonchev–Trinajstić information content (AvgIpc) is 2.92. The number of carbonyl (C=O) groups is 1. The smallest absolute Gasteiger partial charge is 0.459 e. The van der Waals surface area contributed by atoms with Gasteiger partial charge in [0.2, 0.25) is 0 Å². The minimum absolute atomic E-state index is 0.00729. The van der Waals surface area contributed by atoms with Crippen LogP contribution in [0.2, 0.25) is 0 Å². The standard InChI is InChI=1S/C17H15F13O2/c1-5-7-3-8-9(5)12(8,6(7)2)10(31)32-4-11(18,19)13(20,21)14(22,23)15(24,25)16(26,27)17(28,29)30/h5-9H,3-4H2,1-2H3. The maximum Gasteiger partial charge on any atom is 0.460 e. The third-order valence-corrected chi connectivity index (χ3v) is 7.39. The van der Waals surface area contributed by atoms with Gasteiger partial charge in [0, 0.05) is 0 Å². The number of alkyl halides is 13. The van der Waals surface area contributed by atoms with Crippen molar-refractivity contribution in [3.63, 3.8) is 0 Å². The molecule has 0 radical (unpaired) electrons. The predicted octanol–water partition coefficient (Wildman–Crippen LogP) is 5.81. The van der Waals surface area contributed by atoms with Crippen LogP contribution in [0, 0.1) is 35.0 Å². The summed E-state index contributed by atoms with van der Waals surface area (Å²) in [6.45, 7) is 0.394. The molecule has 186 valence electrons. The molecule has 4 rings (SSSR count). The molecule has 0 aromatic rings. The van der Waals surface area contributed by atoms with Crippen LogP contribution in [0.3, 0.4) is 0 Å². The Hall–Kier alpha value is -1.44. The first-order valence-corrected chi connectivity index (χ1v) is 9.18. The molecule has 0 heterocycles. The molecule has 4 bridgehead atoms. The normalized spacial score (nSPS) is 35.3. The van der Waals surface area contributed by atoms with Gasteiger partial charge >= 0.3 is 41.8 Å². The summed E-state index contributed by atoms with van der Waals surface area (Å²) in [7, 11) is 0. The first-order chi connectivity index (χ1) is 14.0. The molecule has 4 fully saturated rings. The SMILES string of the molecule is CC1C2CC3C1C3(C(=O)OCC(F)(F)C(F)(F)C(F)(F)C(F)(F)C(F)(F)C(F)(F)F)C2C. The molecule has 6 unspecified atom stereocenters. The van der Waals surface area contributed by atoms with Crippen LogP contribution in [0.15, 0.2) is 0 Å². The van der Waals surface area contributed by atoms with Crippen molar-refractivity contribution in [3.05, 3.63) is 0 Å². The van der Waals surface area contributed by atoms with Crippen molar-refractivity contribution >= 4 is 5.97 Å². The van der Waals surface area contributed by atoms with Gasteiger partial charge in [0.1, 0.15) is 0 Å². The van der Waals surface area contributed by atoms with Crippen molar-refractivity contribution in [2.24, 2.45) is 35.0 Å². The van der Waals surface area contributed by atoms with Crippen LogP contribution < -0.4 is 0 Å². The summed E-state index contributed by atoms with van der Waals surface area (Å²) in [5.41, 5.74) is -1.33. The van der Waals surface area contributed by atoms with Gasteiger partial charge in [-0.15, -0.1) is 0 Å².